The topological polar surface area (TPSA) is 106 Å². The summed E-state index contributed by atoms with van der Waals surface area (Å²) in [4.78, 5) is 36.9. The fourth-order valence-corrected chi connectivity index (χ4v) is 5.32. The zero-order chi connectivity index (χ0) is 25.6. The molecule has 37 heavy (non-hydrogen) atoms. The average molecular weight is 516 g/mol. The molecule has 0 radical (unpaired) electrons. The summed E-state index contributed by atoms with van der Waals surface area (Å²) in [5.74, 6) is 1.19. The van der Waals surface area contributed by atoms with Crippen LogP contribution in [0.2, 0.25) is 0 Å². The number of carbonyl (C=O) groups is 2. The van der Waals surface area contributed by atoms with E-state index < -0.39 is 0 Å². The minimum atomic E-state index is -0.133. The number of fused-ring (bicyclic) bond motifs is 1. The van der Waals surface area contributed by atoms with Gasteiger partial charge in [-0.3, -0.25) is 9.59 Å². The molecule has 2 aromatic carbocycles. The maximum atomic E-state index is 12.3. The fraction of sp³-hybridized carbons (Fsp3) is 0.321. The number of anilines is 1. The summed E-state index contributed by atoms with van der Waals surface area (Å²) in [6, 6.07) is 15.5. The Morgan fingerprint density at radius 2 is 2.00 bits per heavy atom. The van der Waals surface area contributed by atoms with Crippen LogP contribution in [0.5, 0.6) is 5.75 Å². The van der Waals surface area contributed by atoms with Crippen LogP contribution in [0.4, 0.5) is 5.82 Å². The quantitative estimate of drug-likeness (QED) is 0.281. The molecule has 1 aliphatic rings. The van der Waals surface area contributed by atoms with Crippen LogP contribution in [-0.4, -0.2) is 39.8 Å². The Bertz CT molecular complexity index is 1400. The van der Waals surface area contributed by atoms with Crippen LogP contribution in [0.25, 0.3) is 21.5 Å². The molecule has 4 aromatic rings. The molecule has 1 fully saturated rings. The molecule has 1 unspecified atom stereocenters. The number of thiazole rings is 1. The van der Waals surface area contributed by atoms with E-state index in [0.29, 0.717) is 23.5 Å². The molecule has 9 heteroatoms. The Labute approximate surface area is 219 Å². The smallest absolute Gasteiger partial charge is 0.258 e. The molecule has 1 saturated carbocycles. The van der Waals surface area contributed by atoms with E-state index in [0.717, 1.165) is 34.2 Å². The molecular formula is C28H29N5O3S. The molecule has 2 heterocycles. The molecule has 8 nitrogen and oxygen atoms in total. The van der Waals surface area contributed by atoms with Gasteiger partial charge in [0.15, 0.2) is 18.7 Å². The molecule has 2 aromatic heterocycles. The maximum Gasteiger partial charge on any atom is 0.258 e. The van der Waals surface area contributed by atoms with Gasteiger partial charge in [0, 0.05) is 17.7 Å². The van der Waals surface area contributed by atoms with Gasteiger partial charge in [-0.2, -0.15) is 0 Å². The first kappa shape index (κ1) is 24.8. The summed E-state index contributed by atoms with van der Waals surface area (Å²) in [5, 5.41) is 6.44. The summed E-state index contributed by atoms with van der Waals surface area (Å²) in [6.07, 6.45) is 6.32. The molecule has 5 rings (SSSR count). The van der Waals surface area contributed by atoms with Crippen LogP contribution in [0.1, 0.15) is 61.3 Å². The van der Waals surface area contributed by atoms with Crippen molar-refractivity contribution in [3.05, 3.63) is 65.4 Å². The lowest BCUT2D eigenvalue weighted by Gasteiger charge is -2.22. The number of amides is 1. The van der Waals surface area contributed by atoms with E-state index >= 15 is 0 Å². The van der Waals surface area contributed by atoms with E-state index in [9.17, 15) is 9.59 Å². The standard InChI is InChI=1S/C28H29N5O3S/c1-18(19-6-5-9-22(12-19)36-16-28(35)31-21-7-3-2-4-8-21)30-26-14-24(32-27(15-34)33-26)20-10-11-23-25(13-20)37-17-29-23/h5-6,9-15,17-18,21H,2-4,7-8,16H2,1H3,(H,31,35)(H,30,32,33). The third kappa shape index (κ3) is 6.29. The second kappa shape index (κ2) is 11.5. The normalized spacial score (nSPS) is 14.7. The van der Waals surface area contributed by atoms with Gasteiger partial charge in [-0.15, -0.1) is 11.3 Å². The van der Waals surface area contributed by atoms with Crippen molar-refractivity contribution in [3.63, 3.8) is 0 Å². The van der Waals surface area contributed by atoms with Crippen molar-refractivity contribution < 1.29 is 14.3 Å². The number of ether oxygens (including phenoxy) is 1. The zero-order valence-corrected chi connectivity index (χ0v) is 21.5. The Morgan fingerprint density at radius 1 is 1.14 bits per heavy atom. The number of benzene rings is 2. The molecule has 1 aliphatic carbocycles. The Hall–Kier alpha value is -3.85. The minimum absolute atomic E-state index is 0.0101. The molecular weight excluding hydrogens is 486 g/mol. The lowest BCUT2D eigenvalue weighted by molar-refractivity contribution is -0.124. The zero-order valence-electron chi connectivity index (χ0n) is 20.6. The number of aromatic nitrogens is 3. The predicted molar refractivity (Wildman–Crippen MR) is 145 cm³/mol. The average Bonchev–Trinajstić information content (AvgIpc) is 3.40. The van der Waals surface area contributed by atoms with E-state index in [-0.39, 0.29) is 30.4 Å². The van der Waals surface area contributed by atoms with Gasteiger partial charge >= 0.3 is 0 Å². The van der Waals surface area contributed by atoms with Crippen molar-refractivity contribution in [1.82, 2.24) is 20.3 Å². The van der Waals surface area contributed by atoms with Gasteiger partial charge in [0.05, 0.1) is 27.5 Å². The largest absolute Gasteiger partial charge is 0.484 e. The van der Waals surface area contributed by atoms with E-state index in [4.69, 9.17) is 4.74 Å². The van der Waals surface area contributed by atoms with Crippen molar-refractivity contribution >= 4 is 39.6 Å². The number of aldehydes is 1. The van der Waals surface area contributed by atoms with Gasteiger partial charge in [0.2, 0.25) is 0 Å². The van der Waals surface area contributed by atoms with Crippen molar-refractivity contribution in [3.8, 4) is 17.0 Å². The molecule has 2 N–H and O–H groups in total. The molecule has 0 spiro atoms. The van der Waals surface area contributed by atoms with Crippen LogP contribution in [-0.2, 0) is 4.79 Å². The third-order valence-electron chi connectivity index (χ3n) is 6.54. The first-order valence-corrected chi connectivity index (χ1v) is 13.4. The van der Waals surface area contributed by atoms with Gasteiger partial charge < -0.3 is 15.4 Å². The number of hydrogen-bond donors (Lipinski definition) is 2. The van der Waals surface area contributed by atoms with Gasteiger partial charge in [-0.25, -0.2) is 15.0 Å². The Kier molecular flexibility index (Phi) is 7.70. The molecule has 1 amide bonds. The summed E-state index contributed by atoms with van der Waals surface area (Å²) in [5.41, 5.74) is 5.24. The maximum absolute atomic E-state index is 12.3. The summed E-state index contributed by atoms with van der Waals surface area (Å²) >= 11 is 1.56. The van der Waals surface area contributed by atoms with Crippen molar-refractivity contribution in [2.75, 3.05) is 11.9 Å². The monoisotopic (exact) mass is 515 g/mol. The third-order valence-corrected chi connectivity index (χ3v) is 7.33. The molecule has 1 atom stereocenters. The van der Waals surface area contributed by atoms with Gasteiger partial charge in [0.25, 0.3) is 5.91 Å². The van der Waals surface area contributed by atoms with Crippen LogP contribution >= 0.6 is 11.3 Å². The van der Waals surface area contributed by atoms with Crippen molar-refractivity contribution in [2.45, 2.75) is 51.1 Å². The van der Waals surface area contributed by atoms with Gasteiger partial charge in [-0.05, 0) is 49.6 Å². The van der Waals surface area contributed by atoms with Gasteiger partial charge in [-0.1, -0.05) is 37.5 Å². The highest BCUT2D eigenvalue weighted by atomic mass is 32.1. The first-order chi connectivity index (χ1) is 18.1. The number of rotatable bonds is 9. The summed E-state index contributed by atoms with van der Waals surface area (Å²) in [6.45, 7) is 1.99. The van der Waals surface area contributed by atoms with Crippen LogP contribution in [0, 0.1) is 0 Å². The van der Waals surface area contributed by atoms with Crippen LogP contribution in [0.15, 0.2) is 54.0 Å². The lowest BCUT2D eigenvalue weighted by Crippen LogP contribution is -2.38. The van der Waals surface area contributed by atoms with E-state index in [1.807, 2.05) is 55.5 Å². The lowest BCUT2D eigenvalue weighted by atomic mass is 9.95. The van der Waals surface area contributed by atoms with Crippen LogP contribution in [0.3, 0.4) is 0 Å². The predicted octanol–water partition coefficient (Wildman–Crippen LogP) is 5.57. The molecule has 0 aliphatic heterocycles. The highest BCUT2D eigenvalue weighted by molar-refractivity contribution is 7.16. The van der Waals surface area contributed by atoms with Gasteiger partial charge in [0.1, 0.15) is 11.6 Å². The number of hydrogen-bond acceptors (Lipinski definition) is 8. The van der Waals surface area contributed by atoms with Crippen LogP contribution < -0.4 is 15.4 Å². The minimum Gasteiger partial charge on any atom is -0.484 e. The molecule has 0 saturated heterocycles. The first-order valence-electron chi connectivity index (χ1n) is 12.5. The number of carbonyl (C=O) groups excluding carboxylic acids is 2. The molecule has 0 bridgehead atoms. The number of nitrogens with one attached hydrogen (secondary N) is 2. The summed E-state index contributed by atoms with van der Waals surface area (Å²) in [7, 11) is 0. The highest BCUT2D eigenvalue weighted by Gasteiger charge is 2.16. The summed E-state index contributed by atoms with van der Waals surface area (Å²) < 4.78 is 6.83. The van der Waals surface area contributed by atoms with E-state index in [1.54, 1.807) is 16.8 Å². The fourth-order valence-electron chi connectivity index (χ4n) is 4.60. The van der Waals surface area contributed by atoms with Crippen molar-refractivity contribution in [1.29, 1.82) is 0 Å². The van der Waals surface area contributed by atoms with E-state index in [1.165, 1.54) is 19.3 Å². The van der Waals surface area contributed by atoms with Crippen molar-refractivity contribution in [2.24, 2.45) is 0 Å². The second-order valence-electron chi connectivity index (χ2n) is 9.28. The Morgan fingerprint density at radius 3 is 2.84 bits per heavy atom. The second-order valence-corrected chi connectivity index (χ2v) is 10.2. The molecule has 190 valence electrons. The SMILES string of the molecule is CC(Nc1cc(-c2ccc3ncsc3c2)nc(C=O)n1)c1cccc(OCC(=O)NC2CCCCC2)c1. The van der Waals surface area contributed by atoms with E-state index in [2.05, 4.69) is 25.6 Å². The number of nitrogens with zero attached hydrogens (tertiary/aromatic N) is 3. The Balaban J connectivity index is 1.26. The highest BCUT2D eigenvalue weighted by Crippen LogP contribution is 2.28.